The molecule has 0 bridgehead atoms. The number of benzene rings is 1. The van der Waals surface area contributed by atoms with Gasteiger partial charge < -0.3 is 4.74 Å². The molecule has 0 spiro atoms. The lowest BCUT2D eigenvalue weighted by Gasteiger charge is -2.11. The first kappa shape index (κ1) is 17.2. The van der Waals surface area contributed by atoms with Crippen LogP contribution in [-0.2, 0) is 26.0 Å². The third-order valence-electron chi connectivity index (χ3n) is 4.30. The lowest BCUT2D eigenvalue weighted by Crippen LogP contribution is -2.13. The number of aromatic nitrogens is 1. The van der Waals surface area contributed by atoms with Crippen molar-refractivity contribution in [3.8, 4) is 0 Å². The van der Waals surface area contributed by atoms with Crippen molar-refractivity contribution in [2.45, 2.75) is 26.4 Å². The van der Waals surface area contributed by atoms with Crippen LogP contribution in [0.3, 0.4) is 0 Å². The fourth-order valence-corrected chi connectivity index (χ4v) is 5.05. The number of hydrogen-bond acceptors (Lipinski definition) is 5. The Kier molecular flexibility index (Phi) is 4.78. The summed E-state index contributed by atoms with van der Waals surface area (Å²) in [5.74, 6) is -0.344. The Bertz CT molecular complexity index is 895. The van der Waals surface area contributed by atoms with Crippen LogP contribution in [0.4, 0.5) is 0 Å². The second-order valence-corrected chi connectivity index (χ2v) is 8.76. The normalized spacial score (nSPS) is 19.5. The fourth-order valence-electron chi connectivity index (χ4n) is 2.99. The predicted molar refractivity (Wildman–Crippen MR) is 92.7 cm³/mol. The Morgan fingerprint density at radius 3 is 2.83 bits per heavy atom. The molecule has 3 rings (SSSR count). The molecule has 7 heteroatoms. The standard InChI is InChI=1S/C17H18ClNO4S/c1-11-13-4-2-3-5-14(13)19-15(17(11)18)9-23-16(20)8-12-6-7-24(21,22)10-12/h2-5,12H,6-10H2,1H3. The number of carbonyl (C=O) groups is 1. The van der Waals surface area contributed by atoms with Gasteiger partial charge in [0.1, 0.15) is 6.61 Å². The summed E-state index contributed by atoms with van der Waals surface area (Å²) >= 11 is 6.33. The molecule has 2 aromatic rings. The number of sulfone groups is 1. The lowest BCUT2D eigenvalue weighted by atomic mass is 10.1. The minimum absolute atomic E-state index is 0.0111. The molecule has 1 aliphatic heterocycles. The second kappa shape index (κ2) is 6.69. The van der Waals surface area contributed by atoms with Crippen molar-refractivity contribution in [3.05, 3.63) is 40.5 Å². The number of pyridine rings is 1. The maximum Gasteiger partial charge on any atom is 0.306 e. The Hall–Kier alpha value is -1.66. The van der Waals surface area contributed by atoms with Crippen molar-refractivity contribution in [1.82, 2.24) is 4.98 Å². The van der Waals surface area contributed by atoms with E-state index in [0.717, 1.165) is 16.5 Å². The maximum atomic E-state index is 12.0. The third kappa shape index (κ3) is 3.70. The van der Waals surface area contributed by atoms with E-state index < -0.39 is 15.8 Å². The van der Waals surface area contributed by atoms with Crippen molar-refractivity contribution in [2.75, 3.05) is 11.5 Å². The Morgan fingerprint density at radius 1 is 1.38 bits per heavy atom. The summed E-state index contributed by atoms with van der Waals surface area (Å²) in [6, 6.07) is 7.63. The number of nitrogens with zero attached hydrogens (tertiary/aromatic N) is 1. The van der Waals surface area contributed by atoms with Gasteiger partial charge in [-0.3, -0.25) is 4.79 Å². The van der Waals surface area contributed by atoms with E-state index in [1.807, 2.05) is 31.2 Å². The monoisotopic (exact) mass is 367 g/mol. The van der Waals surface area contributed by atoms with Crippen molar-refractivity contribution in [2.24, 2.45) is 5.92 Å². The zero-order valence-corrected chi connectivity index (χ0v) is 14.9. The lowest BCUT2D eigenvalue weighted by molar-refractivity contribution is -0.146. The number of carbonyl (C=O) groups excluding carboxylic acids is 1. The predicted octanol–water partition coefficient (Wildman–Crippen LogP) is 3.06. The van der Waals surface area contributed by atoms with Crippen molar-refractivity contribution in [3.63, 3.8) is 0 Å². The molecular weight excluding hydrogens is 350 g/mol. The molecule has 1 atom stereocenters. The number of rotatable bonds is 4. The average molecular weight is 368 g/mol. The molecule has 1 aromatic carbocycles. The largest absolute Gasteiger partial charge is 0.459 e. The molecule has 5 nitrogen and oxygen atoms in total. The Morgan fingerprint density at radius 2 is 2.12 bits per heavy atom. The molecule has 24 heavy (non-hydrogen) atoms. The van der Waals surface area contributed by atoms with Crippen LogP contribution in [0.2, 0.25) is 5.02 Å². The summed E-state index contributed by atoms with van der Waals surface area (Å²) in [6.45, 7) is 1.89. The van der Waals surface area contributed by atoms with Crippen LogP contribution in [0.1, 0.15) is 24.1 Å². The smallest absolute Gasteiger partial charge is 0.306 e. The van der Waals surface area contributed by atoms with Gasteiger partial charge in [-0.05, 0) is 30.9 Å². The highest BCUT2D eigenvalue weighted by atomic mass is 35.5. The van der Waals surface area contributed by atoms with Crippen LogP contribution < -0.4 is 0 Å². The van der Waals surface area contributed by atoms with Crippen LogP contribution in [0.5, 0.6) is 0 Å². The van der Waals surface area contributed by atoms with Gasteiger partial charge in [-0.25, -0.2) is 13.4 Å². The summed E-state index contributed by atoms with van der Waals surface area (Å²) in [6.07, 6.45) is 0.634. The molecule has 0 radical (unpaired) electrons. The molecule has 0 saturated carbocycles. The minimum Gasteiger partial charge on any atom is -0.459 e. The van der Waals surface area contributed by atoms with Gasteiger partial charge in [0.2, 0.25) is 0 Å². The first-order chi connectivity index (χ1) is 11.4. The minimum atomic E-state index is -2.99. The molecule has 2 heterocycles. The molecular formula is C17H18ClNO4S. The van der Waals surface area contributed by atoms with Crippen molar-refractivity contribution >= 4 is 38.3 Å². The number of esters is 1. The van der Waals surface area contributed by atoms with E-state index in [1.54, 1.807) is 0 Å². The van der Waals surface area contributed by atoms with Gasteiger partial charge in [0.25, 0.3) is 0 Å². The number of aryl methyl sites for hydroxylation is 1. The zero-order valence-electron chi connectivity index (χ0n) is 13.3. The number of halogens is 1. The summed E-state index contributed by atoms with van der Waals surface area (Å²) < 4.78 is 28.1. The summed E-state index contributed by atoms with van der Waals surface area (Å²) in [5, 5.41) is 1.46. The van der Waals surface area contributed by atoms with Crippen LogP contribution >= 0.6 is 11.6 Å². The van der Waals surface area contributed by atoms with E-state index in [2.05, 4.69) is 4.98 Å². The molecule has 1 aliphatic rings. The molecule has 0 N–H and O–H groups in total. The maximum absolute atomic E-state index is 12.0. The van der Waals surface area contributed by atoms with Gasteiger partial charge in [-0.1, -0.05) is 29.8 Å². The van der Waals surface area contributed by atoms with Gasteiger partial charge in [-0.15, -0.1) is 0 Å². The molecule has 1 fully saturated rings. The summed E-state index contributed by atoms with van der Waals surface area (Å²) in [4.78, 5) is 16.4. The van der Waals surface area contributed by atoms with E-state index in [1.165, 1.54) is 0 Å². The van der Waals surface area contributed by atoms with Crippen LogP contribution in [-0.4, -0.2) is 30.9 Å². The molecule has 0 aliphatic carbocycles. The Labute approximate surface area is 145 Å². The molecule has 1 unspecified atom stereocenters. The van der Waals surface area contributed by atoms with Gasteiger partial charge in [0.15, 0.2) is 9.84 Å². The van der Waals surface area contributed by atoms with Crippen molar-refractivity contribution in [1.29, 1.82) is 0 Å². The summed E-state index contributed by atoms with van der Waals surface area (Å²) in [7, 11) is -2.99. The first-order valence-corrected chi connectivity index (χ1v) is 9.95. The highest BCUT2D eigenvalue weighted by Gasteiger charge is 2.30. The van der Waals surface area contributed by atoms with E-state index in [-0.39, 0.29) is 30.5 Å². The highest BCUT2D eigenvalue weighted by Crippen LogP contribution is 2.28. The average Bonchev–Trinajstić information content (AvgIpc) is 2.88. The van der Waals surface area contributed by atoms with Gasteiger partial charge in [-0.2, -0.15) is 0 Å². The number of fused-ring (bicyclic) bond motifs is 1. The van der Waals surface area contributed by atoms with E-state index in [9.17, 15) is 13.2 Å². The zero-order chi connectivity index (χ0) is 17.3. The second-order valence-electron chi connectivity index (χ2n) is 6.15. The van der Waals surface area contributed by atoms with E-state index in [4.69, 9.17) is 16.3 Å². The van der Waals surface area contributed by atoms with E-state index in [0.29, 0.717) is 17.1 Å². The van der Waals surface area contributed by atoms with Crippen molar-refractivity contribution < 1.29 is 17.9 Å². The van der Waals surface area contributed by atoms with Gasteiger partial charge >= 0.3 is 5.97 Å². The number of ether oxygens (including phenoxy) is 1. The molecule has 0 amide bonds. The number of hydrogen-bond donors (Lipinski definition) is 0. The van der Waals surface area contributed by atoms with E-state index >= 15 is 0 Å². The van der Waals surface area contributed by atoms with Crippen LogP contribution in [0.25, 0.3) is 10.9 Å². The molecule has 1 aromatic heterocycles. The number of para-hydroxylation sites is 1. The highest BCUT2D eigenvalue weighted by molar-refractivity contribution is 7.91. The molecule has 1 saturated heterocycles. The fraction of sp³-hybridized carbons (Fsp3) is 0.412. The van der Waals surface area contributed by atoms with Crippen LogP contribution in [0, 0.1) is 12.8 Å². The first-order valence-electron chi connectivity index (χ1n) is 7.75. The van der Waals surface area contributed by atoms with Gasteiger partial charge in [0.05, 0.1) is 27.7 Å². The van der Waals surface area contributed by atoms with Gasteiger partial charge in [0, 0.05) is 11.8 Å². The Balaban J connectivity index is 1.67. The topological polar surface area (TPSA) is 73.3 Å². The quantitative estimate of drug-likeness (QED) is 0.776. The molecule has 128 valence electrons. The SMILES string of the molecule is Cc1c(Cl)c(COC(=O)CC2CCS(=O)(=O)C2)nc2ccccc12. The third-order valence-corrected chi connectivity index (χ3v) is 6.64. The summed E-state index contributed by atoms with van der Waals surface area (Å²) in [5.41, 5.74) is 2.21. The van der Waals surface area contributed by atoms with Crippen LogP contribution in [0.15, 0.2) is 24.3 Å².